The summed E-state index contributed by atoms with van der Waals surface area (Å²) in [7, 11) is 3.14. The van der Waals surface area contributed by atoms with Crippen molar-refractivity contribution in [3.05, 3.63) is 66.5 Å². The van der Waals surface area contributed by atoms with Gasteiger partial charge in [0.15, 0.2) is 0 Å². The van der Waals surface area contributed by atoms with Crippen LogP contribution >= 0.6 is 0 Å². The average Bonchev–Trinajstić information content (AvgIpc) is 3.10. The van der Waals surface area contributed by atoms with Crippen molar-refractivity contribution in [3.63, 3.8) is 0 Å². The first-order chi connectivity index (χ1) is 12.2. The number of hydrogen-bond acceptors (Lipinski definition) is 4. The van der Waals surface area contributed by atoms with E-state index in [2.05, 4.69) is 10.4 Å². The minimum Gasteiger partial charge on any atom is -0.497 e. The molecule has 6 heteroatoms. The number of ether oxygens (including phenoxy) is 2. The van der Waals surface area contributed by atoms with E-state index < -0.39 is 0 Å². The molecule has 1 amide bonds. The second-order valence-corrected chi connectivity index (χ2v) is 5.45. The van der Waals surface area contributed by atoms with E-state index in [1.807, 2.05) is 36.5 Å². The van der Waals surface area contributed by atoms with Gasteiger partial charge in [-0.15, -0.1) is 0 Å². The third-order valence-electron chi connectivity index (χ3n) is 3.66. The molecule has 0 spiro atoms. The number of para-hydroxylation sites is 1. The summed E-state index contributed by atoms with van der Waals surface area (Å²) < 4.78 is 12.2. The zero-order chi connectivity index (χ0) is 17.6. The molecule has 0 saturated heterocycles. The first-order valence-electron chi connectivity index (χ1n) is 7.80. The van der Waals surface area contributed by atoms with Gasteiger partial charge in [0.05, 0.1) is 32.5 Å². The van der Waals surface area contributed by atoms with Crippen LogP contribution in [0.5, 0.6) is 11.5 Å². The zero-order valence-corrected chi connectivity index (χ0v) is 14.1. The van der Waals surface area contributed by atoms with Crippen molar-refractivity contribution in [1.29, 1.82) is 0 Å². The van der Waals surface area contributed by atoms with Gasteiger partial charge in [0, 0.05) is 30.1 Å². The maximum atomic E-state index is 12.3. The van der Waals surface area contributed by atoms with Crippen LogP contribution in [0.15, 0.2) is 60.9 Å². The smallest absolute Gasteiger partial charge is 0.228 e. The number of carbonyl (C=O) groups excluding carboxylic acids is 1. The standard InChI is InChI=1S/C19H19N3O3/c1-24-17-9-15(10-18(11-17)25-2)21-19(23)8-14-12-20-22(13-14)16-6-4-3-5-7-16/h3-7,9-13H,8H2,1-2H3,(H,21,23). The highest BCUT2D eigenvalue weighted by molar-refractivity contribution is 5.92. The minimum atomic E-state index is -0.136. The monoisotopic (exact) mass is 337 g/mol. The summed E-state index contributed by atoms with van der Waals surface area (Å²) in [6.45, 7) is 0. The molecule has 2 aromatic carbocycles. The molecule has 0 aliphatic rings. The molecule has 0 aliphatic heterocycles. The van der Waals surface area contributed by atoms with Gasteiger partial charge in [-0.25, -0.2) is 4.68 Å². The Morgan fingerprint density at radius 3 is 2.40 bits per heavy atom. The van der Waals surface area contributed by atoms with Crippen molar-refractivity contribution in [2.24, 2.45) is 0 Å². The Kier molecular flexibility index (Phi) is 4.99. The fraction of sp³-hybridized carbons (Fsp3) is 0.158. The summed E-state index contributed by atoms with van der Waals surface area (Å²) in [5.74, 6) is 1.10. The molecule has 1 heterocycles. The highest BCUT2D eigenvalue weighted by atomic mass is 16.5. The summed E-state index contributed by atoms with van der Waals surface area (Å²) >= 11 is 0. The van der Waals surface area contributed by atoms with Crippen molar-refractivity contribution in [2.75, 3.05) is 19.5 Å². The largest absolute Gasteiger partial charge is 0.497 e. The van der Waals surface area contributed by atoms with E-state index in [1.165, 1.54) is 0 Å². The number of amides is 1. The van der Waals surface area contributed by atoms with Gasteiger partial charge in [-0.3, -0.25) is 4.79 Å². The summed E-state index contributed by atoms with van der Waals surface area (Å²) in [6, 6.07) is 15.0. The fourth-order valence-electron chi connectivity index (χ4n) is 2.44. The summed E-state index contributed by atoms with van der Waals surface area (Å²) in [5, 5.41) is 7.15. The molecule has 0 atom stereocenters. The lowest BCUT2D eigenvalue weighted by atomic mass is 10.2. The van der Waals surface area contributed by atoms with Crippen LogP contribution in [0, 0.1) is 0 Å². The van der Waals surface area contributed by atoms with Crippen molar-refractivity contribution in [3.8, 4) is 17.2 Å². The summed E-state index contributed by atoms with van der Waals surface area (Å²) in [4.78, 5) is 12.3. The predicted octanol–water partition coefficient (Wildman–Crippen LogP) is 3.07. The van der Waals surface area contributed by atoms with Crippen LogP contribution < -0.4 is 14.8 Å². The topological polar surface area (TPSA) is 65.4 Å². The Hall–Kier alpha value is -3.28. The minimum absolute atomic E-state index is 0.136. The quantitative estimate of drug-likeness (QED) is 0.751. The molecule has 1 N–H and O–H groups in total. The lowest BCUT2D eigenvalue weighted by molar-refractivity contribution is -0.115. The molecule has 0 saturated carbocycles. The number of hydrogen-bond donors (Lipinski definition) is 1. The predicted molar refractivity (Wildman–Crippen MR) is 95.4 cm³/mol. The van der Waals surface area contributed by atoms with E-state index in [1.54, 1.807) is 43.3 Å². The van der Waals surface area contributed by atoms with Gasteiger partial charge in [0.25, 0.3) is 0 Å². The van der Waals surface area contributed by atoms with Crippen LogP contribution in [0.25, 0.3) is 5.69 Å². The van der Waals surface area contributed by atoms with Crippen molar-refractivity contribution >= 4 is 11.6 Å². The van der Waals surface area contributed by atoms with Gasteiger partial charge in [-0.2, -0.15) is 5.10 Å². The van der Waals surface area contributed by atoms with Gasteiger partial charge < -0.3 is 14.8 Å². The second kappa shape index (κ2) is 7.53. The first-order valence-corrected chi connectivity index (χ1v) is 7.80. The van der Waals surface area contributed by atoms with E-state index in [9.17, 15) is 4.79 Å². The number of nitrogens with zero attached hydrogens (tertiary/aromatic N) is 2. The number of rotatable bonds is 6. The number of carbonyl (C=O) groups is 1. The molecule has 25 heavy (non-hydrogen) atoms. The van der Waals surface area contributed by atoms with Crippen molar-refractivity contribution < 1.29 is 14.3 Å². The molecule has 6 nitrogen and oxygen atoms in total. The number of benzene rings is 2. The van der Waals surface area contributed by atoms with Crippen LogP contribution in [-0.2, 0) is 11.2 Å². The van der Waals surface area contributed by atoms with Gasteiger partial charge in [-0.1, -0.05) is 18.2 Å². The summed E-state index contributed by atoms with van der Waals surface area (Å²) in [6.07, 6.45) is 3.77. The normalized spacial score (nSPS) is 10.3. The molecule has 3 aromatic rings. The highest BCUT2D eigenvalue weighted by Gasteiger charge is 2.09. The maximum Gasteiger partial charge on any atom is 0.228 e. The van der Waals surface area contributed by atoms with Crippen molar-refractivity contribution in [2.45, 2.75) is 6.42 Å². The number of nitrogens with one attached hydrogen (secondary N) is 1. The molecule has 0 unspecified atom stereocenters. The molecular weight excluding hydrogens is 318 g/mol. The van der Waals surface area contributed by atoms with Crippen molar-refractivity contribution in [1.82, 2.24) is 9.78 Å². The van der Waals surface area contributed by atoms with E-state index >= 15 is 0 Å². The Morgan fingerprint density at radius 2 is 1.76 bits per heavy atom. The van der Waals surface area contributed by atoms with Crippen LogP contribution in [0.3, 0.4) is 0 Å². The molecule has 1 aromatic heterocycles. The maximum absolute atomic E-state index is 12.3. The van der Waals surface area contributed by atoms with E-state index in [0.717, 1.165) is 11.3 Å². The highest BCUT2D eigenvalue weighted by Crippen LogP contribution is 2.25. The van der Waals surface area contributed by atoms with Crippen LogP contribution in [0.2, 0.25) is 0 Å². The van der Waals surface area contributed by atoms with Gasteiger partial charge in [-0.05, 0) is 17.7 Å². The van der Waals surface area contributed by atoms with Crippen LogP contribution in [-0.4, -0.2) is 29.9 Å². The lowest BCUT2D eigenvalue weighted by Crippen LogP contribution is -2.14. The first kappa shape index (κ1) is 16.6. The zero-order valence-electron chi connectivity index (χ0n) is 14.1. The Balaban J connectivity index is 1.68. The molecule has 0 bridgehead atoms. The van der Waals surface area contributed by atoms with Crippen LogP contribution in [0.4, 0.5) is 5.69 Å². The SMILES string of the molecule is COc1cc(NC(=O)Cc2cnn(-c3ccccc3)c2)cc(OC)c1. The molecular formula is C19H19N3O3. The number of methoxy groups -OCH3 is 2. The Labute approximate surface area is 146 Å². The van der Waals surface area contributed by atoms with E-state index in [0.29, 0.717) is 17.2 Å². The second-order valence-electron chi connectivity index (χ2n) is 5.45. The van der Waals surface area contributed by atoms with Gasteiger partial charge >= 0.3 is 0 Å². The molecule has 128 valence electrons. The van der Waals surface area contributed by atoms with E-state index in [4.69, 9.17) is 9.47 Å². The molecule has 3 rings (SSSR count). The fourth-order valence-corrected chi connectivity index (χ4v) is 2.44. The third kappa shape index (κ3) is 4.17. The number of aromatic nitrogens is 2. The number of anilines is 1. The van der Waals surface area contributed by atoms with Gasteiger partial charge in [0.1, 0.15) is 11.5 Å². The lowest BCUT2D eigenvalue weighted by Gasteiger charge is -2.09. The van der Waals surface area contributed by atoms with Gasteiger partial charge in [0.2, 0.25) is 5.91 Å². The van der Waals surface area contributed by atoms with E-state index in [-0.39, 0.29) is 12.3 Å². The molecule has 0 fully saturated rings. The average molecular weight is 337 g/mol. The Morgan fingerprint density at radius 1 is 1.08 bits per heavy atom. The summed E-state index contributed by atoms with van der Waals surface area (Å²) in [5.41, 5.74) is 2.40. The molecule has 0 aliphatic carbocycles. The third-order valence-corrected chi connectivity index (χ3v) is 3.66. The molecule has 0 radical (unpaired) electrons. The van der Waals surface area contributed by atoms with Crippen LogP contribution in [0.1, 0.15) is 5.56 Å². The Bertz CT molecular complexity index is 837.